The van der Waals surface area contributed by atoms with E-state index in [-0.39, 0.29) is 22.6 Å². The number of aliphatic carboxylic acids is 1. The fraction of sp³-hybridized carbons (Fsp3) is 0.200. The molecule has 0 fully saturated rings. The predicted molar refractivity (Wildman–Crippen MR) is 67.2 cm³/mol. The standard InChI is InChI=1S/C10H7F4NO2S2/c11-4-3-5(12)8(14)9(7(4)13)15-10(18)19-2-1-6(16)17/h3H,1-2H2,(H,15,18)(H,16,17). The van der Waals surface area contributed by atoms with Gasteiger partial charge in [-0.2, -0.15) is 0 Å². The molecule has 9 heteroatoms. The first-order valence-electron chi connectivity index (χ1n) is 4.81. The molecule has 0 bridgehead atoms. The molecule has 0 amide bonds. The predicted octanol–water partition coefficient (Wildman–Crippen LogP) is 3.15. The second kappa shape index (κ2) is 6.71. The molecular weight excluding hydrogens is 306 g/mol. The molecule has 3 nitrogen and oxygen atoms in total. The lowest BCUT2D eigenvalue weighted by atomic mass is 10.2. The van der Waals surface area contributed by atoms with Gasteiger partial charge in [-0.25, -0.2) is 17.6 Å². The minimum absolute atomic E-state index is 0.0577. The minimum atomic E-state index is -1.60. The maximum Gasteiger partial charge on any atom is 0.304 e. The van der Waals surface area contributed by atoms with Crippen LogP contribution >= 0.6 is 24.0 Å². The minimum Gasteiger partial charge on any atom is -0.481 e. The number of halogens is 4. The highest BCUT2D eigenvalue weighted by Crippen LogP contribution is 2.25. The quantitative estimate of drug-likeness (QED) is 0.508. The van der Waals surface area contributed by atoms with Gasteiger partial charge in [0.2, 0.25) is 0 Å². The maximum atomic E-state index is 13.2. The van der Waals surface area contributed by atoms with Crippen molar-refractivity contribution in [1.82, 2.24) is 0 Å². The topological polar surface area (TPSA) is 49.3 Å². The molecular formula is C10H7F4NO2S2. The van der Waals surface area contributed by atoms with Gasteiger partial charge in [0.25, 0.3) is 0 Å². The van der Waals surface area contributed by atoms with Gasteiger partial charge in [-0.3, -0.25) is 4.79 Å². The summed E-state index contributed by atoms with van der Waals surface area (Å²) in [5.74, 6) is -7.31. The Morgan fingerprint density at radius 1 is 1.26 bits per heavy atom. The first kappa shape index (κ1) is 15.7. The third-order valence-electron chi connectivity index (χ3n) is 1.89. The highest BCUT2D eigenvalue weighted by molar-refractivity contribution is 8.23. The Balaban J connectivity index is 2.77. The summed E-state index contributed by atoms with van der Waals surface area (Å²) >= 11 is 5.46. The van der Waals surface area contributed by atoms with E-state index in [1.165, 1.54) is 0 Å². The van der Waals surface area contributed by atoms with Gasteiger partial charge < -0.3 is 10.4 Å². The average molecular weight is 313 g/mol. The number of hydrogen-bond donors (Lipinski definition) is 2. The normalized spacial score (nSPS) is 10.3. The van der Waals surface area contributed by atoms with Gasteiger partial charge in [-0.15, -0.1) is 0 Å². The van der Waals surface area contributed by atoms with Crippen LogP contribution in [-0.4, -0.2) is 21.1 Å². The zero-order chi connectivity index (χ0) is 14.6. The third-order valence-corrected chi connectivity index (χ3v) is 3.12. The van der Waals surface area contributed by atoms with Crippen molar-refractivity contribution in [3.05, 3.63) is 29.3 Å². The molecule has 0 heterocycles. The van der Waals surface area contributed by atoms with Crippen molar-refractivity contribution in [2.75, 3.05) is 11.1 Å². The molecule has 0 atom stereocenters. The molecule has 1 aromatic carbocycles. The van der Waals surface area contributed by atoms with Crippen molar-refractivity contribution in [3.63, 3.8) is 0 Å². The molecule has 0 spiro atoms. The molecule has 1 rings (SSSR count). The molecule has 0 saturated carbocycles. The van der Waals surface area contributed by atoms with Crippen molar-refractivity contribution in [1.29, 1.82) is 0 Å². The Kier molecular flexibility index (Phi) is 5.55. The SMILES string of the molecule is O=C(O)CCSC(=S)Nc1c(F)c(F)cc(F)c1F. The molecule has 0 aromatic heterocycles. The van der Waals surface area contributed by atoms with Gasteiger partial charge in [-0.05, 0) is 0 Å². The molecule has 1 aromatic rings. The summed E-state index contributed by atoms with van der Waals surface area (Å²) < 4.78 is 52.1. The van der Waals surface area contributed by atoms with Gasteiger partial charge in [0.1, 0.15) is 10.0 Å². The largest absolute Gasteiger partial charge is 0.481 e. The molecule has 2 N–H and O–H groups in total. The van der Waals surface area contributed by atoms with Gasteiger partial charge in [0.05, 0.1) is 6.42 Å². The lowest BCUT2D eigenvalue weighted by molar-refractivity contribution is -0.136. The molecule has 0 aliphatic heterocycles. The van der Waals surface area contributed by atoms with Gasteiger partial charge in [0, 0.05) is 11.8 Å². The van der Waals surface area contributed by atoms with E-state index in [0.29, 0.717) is 0 Å². The van der Waals surface area contributed by atoms with E-state index < -0.39 is 34.9 Å². The number of benzene rings is 1. The van der Waals surface area contributed by atoms with E-state index >= 15 is 0 Å². The summed E-state index contributed by atoms with van der Waals surface area (Å²) in [7, 11) is 0. The molecule has 0 unspecified atom stereocenters. The van der Waals surface area contributed by atoms with Crippen molar-refractivity contribution < 1.29 is 27.5 Å². The second-order valence-corrected chi connectivity index (χ2v) is 5.02. The third kappa shape index (κ3) is 4.35. The van der Waals surface area contributed by atoms with Gasteiger partial charge >= 0.3 is 5.97 Å². The fourth-order valence-corrected chi connectivity index (χ4v) is 2.04. The Morgan fingerprint density at radius 2 is 1.79 bits per heavy atom. The summed E-state index contributed by atoms with van der Waals surface area (Å²) in [5.41, 5.74) is -1.04. The maximum absolute atomic E-state index is 13.2. The van der Waals surface area contributed by atoms with Crippen LogP contribution in [0.1, 0.15) is 6.42 Å². The zero-order valence-electron chi connectivity index (χ0n) is 9.18. The van der Waals surface area contributed by atoms with Crippen LogP contribution in [0.15, 0.2) is 6.07 Å². The number of anilines is 1. The number of rotatable bonds is 4. The van der Waals surface area contributed by atoms with Crippen LogP contribution in [0.5, 0.6) is 0 Å². The van der Waals surface area contributed by atoms with E-state index in [4.69, 9.17) is 5.11 Å². The van der Waals surface area contributed by atoms with E-state index in [2.05, 4.69) is 12.2 Å². The lowest BCUT2D eigenvalue weighted by Crippen LogP contribution is -2.12. The Hall–Kier alpha value is -1.35. The molecule has 104 valence electrons. The smallest absolute Gasteiger partial charge is 0.304 e. The number of nitrogens with one attached hydrogen (secondary N) is 1. The first-order valence-corrected chi connectivity index (χ1v) is 6.21. The van der Waals surface area contributed by atoms with E-state index in [0.717, 1.165) is 11.8 Å². The van der Waals surface area contributed by atoms with Crippen molar-refractivity contribution in [2.24, 2.45) is 0 Å². The molecule has 0 radical (unpaired) electrons. The zero-order valence-corrected chi connectivity index (χ0v) is 10.8. The summed E-state index contributed by atoms with van der Waals surface area (Å²) in [6.07, 6.45) is -0.213. The van der Waals surface area contributed by atoms with Crippen molar-refractivity contribution >= 4 is 40.0 Å². The summed E-state index contributed by atoms with van der Waals surface area (Å²) in [6, 6.07) is 0.0798. The first-order chi connectivity index (χ1) is 8.82. The van der Waals surface area contributed by atoms with Crippen LogP contribution in [0.2, 0.25) is 0 Å². The average Bonchev–Trinajstić information content (AvgIpc) is 2.32. The fourth-order valence-electron chi connectivity index (χ4n) is 1.05. The Labute approximate surface area is 115 Å². The van der Waals surface area contributed by atoms with Crippen LogP contribution in [0.3, 0.4) is 0 Å². The highest BCUT2D eigenvalue weighted by atomic mass is 32.2. The van der Waals surface area contributed by atoms with Crippen LogP contribution in [-0.2, 0) is 4.79 Å². The number of carbonyl (C=O) groups is 1. The molecule has 0 saturated heterocycles. The van der Waals surface area contributed by atoms with Crippen LogP contribution in [0.4, 0.5) is 23.2 Å². The Bertz CT molecular complexity index is 498. The number of thiocarbonyl (C=S) groups is 1. The van der Waals surface area contributed by atoms with E-state index in [1.54, 1.807) is 0 Å². The van der Waals surface area contributed by atoms with Gasteiger partial charge in [-0.1, -0.05) is 24.0 Å². The van der Waals surface area contributed by atoms with Gasteiger partial charge in [0.15, 0.2) is 23.3 Å². The molecule has 0 aliphatic rings. The summed E-state index contributed by atoms with van der Waals surface area (Å²) in [4.78, 5) is 10.2. The highest BCUT2D eigenvalue weighted by Gasteiger charge is 2.19. The lowest BCUT2D eigenvalue weighted by Gasteiger charge is -2.10. The van der Waals surface area contributed by atoms with Crippen LogP contribution in [0.25, 0.3) is 0 Å². The van der Waals surface area contributed by atoms with Crippen molar-refractivity contribution in [2.45, 2.75) is 6.42 Å². The summed E-state index contributed by atoms with van der Waals surface area (Å²) in [6.45, 7) is 0. The Morgan fingerprint density at radius 3 is 2.26 bits per heavy atom. The second-order valence-electron chi connectivity index (χ2n) is 3.25. The number of carboxylic acid groups (broad SMARTS) is 1. The van der Waals surface area contributed by atoms with E-state index in [1.807, 2.05) is 5.32 Å². The van der Waals surface area contributed by atoms with Crippen molar-refractivity contribution in [3.8, 4) is 0 Å². The molecule has 19 heavy (non-hydrogen) atoms. The van der Waals surface area contributed by atoms with Crippen LogP contribution in [0, 0.1) is 23.3 Å². The number of thioether (sulfide) groups is 1. The number of carboxylic acids is 1. The molecule has 0 aliphatic carbocycles. The summed E-state index contributed by atoms with van der Waals surface area (Å²) in [5, 5.41) is 10.4. The monoisotopic (exact) mass is 313 g/mol. The number of hydrogen-bond acceptors (Lipinski definition) is 3. The van der Waals surface area contributed by atoms with Crippen LogP contribution < -0.4 is 5.32 Å². The van der Waals surface area contributed by atoms with E-state index in [9.17, 15) is 22.4 Å².